The first-order valence-corrected chi connectivity index (χ1v) is 8.39. The van der Waals surface area contributed by atoms with Crippen molar-refractivity contribution >= 4 is 17.2 Å². The van der Waals surface area contributed by atoms with Crippen LogP contribution in [-0.2, 0) is 13.2 Å². The van der Waals surface area contributed by atoms with Crippen molar-refractivity contribution in [2.75, 3.05) is 0 Å². The molecule has 0 saturated carbocycles. The third kappa shape index (κ3) is 4.39. The highest BCUT2D eigenvalue weighted by atomic mass is 32.1. The Morgan fingerprint density at radius 3 is 2.67 bits per heavy atom. The van der Waals surface area contributed by atoms with Crippen molar-refractivity contribution in [2.45, 2.75) is 20.1 Å². The molecule has 1 N–H and O–H groups in total. The van der Waals surface area contributed by atoms with Crippen LogP contribution in [0.15, 0.2) is 54.2 Å². The predicted molar refractivity (Wildman–Crippen MR) is 93.0 cm³/mol. The minimum atomic E-state index is -0.190. The molecular weight excluding hydrogens is 322 g/mol. The van der Waals surface area contributed by atoms with Gasteiger partial charge >= 0.3 is 0 Å². The number of aryl methyl sites for hydroxylation is 1. The molecule has 1 aromatic carbocycles. The van der Waals surface area contributed by atoms with E-state index < -0.39 is 0 Å². The Balaban J connectivity index is 1.52. The van der Waals surface area contributed by atoms with Gasteiger partial charge < -0.3 is 10.1 Å². The van der Waals surface area contributed by atoms with Crippen LogP contribution in [0, 0.1) is 6.92 Å². The summed E-state index contributed by atoms with van der Waals surface area (Å²) in [6.07, 6.45) is 3.40. The van der Waals surface area contributed by atoms with E-state index >= 15 is 0 Å². The largest absolute Gasteiger partial charge is 0.486 e. The molecule has 2 heterocycles. The number of carbonyl (C=O) groups excluding carboxylic acids is 1. The van der Waals surface area contributed by atoms with Gasteiger partial charge in [-0.2, -0.15) is 0 Å². The zero-order valence-corrected chi connectivity index (χ0v) is 14.0. The molecule has 0 aliphatic rings. The van der Waals surface area contributed by atoms with Crippen LogP contribution in [0.4, 0.5) is 0 Å². The van der Waals surface area contributed by atoms with Crippen LogP contribution >= 0.6 is 11.3 Å². The molecule has 0 spiro atoms. The van der Waals surface area contributed by atoms with Gasteiger partial charge in [-0.3, -0.25) is 9.78 Å². The topological polar surface area (TPSA) is 64.1 Å². The van der Waals surface area contributed by atoms with Gasteiger partial charge in [0.2, 0.25) is 0 Å². The zero-order chi connectivity index (χ0) is 16.8. The van der Waals surface area contributed by atoms with Crippen molar-refractivity contribution in [1.29, 1.82) is 0 Å². The summed E-state index contributed by atoms with van der Waals surface area (Å²) in [7, 11) is 0. The summed E-state index contributed by atoms with van der Waals surface area (Å²) in [5.74, 6) is 0.601. The zero-order valence-electron chi connectivity index (χ0n) is 13.2. The number of hydrogen-bond donors (Lipinski definition) is 1. The molecule has 0 radical (unpaired) electrons. The smallest absolute Gasteiger partial charge is 0.271 e. The molecule has 24 heavy (non-hydrogen) atoms. The van der Waals surface area contributed by atoms with E-state index in [1.807, 2.05) is 43.3 Å². The molecule has 3 rings (SSSR count). The number of aromatic nitrogens is 2. The number of amides is 1. The van der Waals surface area contributed by atoms with Gasteiger partial charge in [0, 0.05) is 24.3 Å². The van der Waals surface area contributed by atoms with Gasteiger partial charge in [-0.05, 0) is 36.8 Å². The van der Waals surface area contributed by atoms with E-state index in [1.165, 1.54) is 16.9 Å². The quantitative estimate of drug-likeness (QED) is 0.748. The maximum absolute atomic E-state index is 12.1. The van der Waals surface area contributed by atoms with E-state index in [1.54, 1.807) is 17.8 Å². The number of carbonyl (C=O) groups is 1. The first kappa shape index (κ1) is 16.1. The molecule has 0 fully saturated rings. The van der Waals surface area contributed by atoms with Crippen molar-refractivity contribution in [3.63, 3.8) is 0 Å². The van der Waals surface area contributed by atoms with Crippen molar-refractivity contribution in [3.05, 3.63) is 76.0 Å². The lowest BCUT2D eigenvalue weighted by molar-refractivity contribution is 0.0946. The summed E-state index contributed by atoms with van der Waals surface area (Å²) < 4.78 is 5.68. The fraction of sp³-hybridized carbons (Fsp3) is 0.167. The third-order valence-corrected chi connectivity index (χ3v) is 4.19. The van der Waals surface area contributed by atoms with Crippen molar-refractivity contribution in [2.24, 2.45) is 0 Å². The molecule has 6 heteroatoms. The Morgan fingerprint density at radius 2 is 1.92 bits per heavy atom. The molecule has 3 aromatic rings. The fourth-order valence-corrected chi connectivity index (χ4v) is 2.72. The molecule has 122 valence electrons. The number of rotatable bonds is 6. The molecule has 0 atom stereocenters. The Bertz CT molecular complexity index is 801. The molecule has 0 bridgehead atoms. The standard InChI is InChI=1S/C18H17N3O2S/c1-13-2-4-15(5-3-13)23-11-17-21-16(12-24-17)18(22)20-10-14-6-8-19-9-7-14/h2-9,12H,10-11H2,1H3,(H,20,22). The van der Waals surface area contributed by atoms with E-state index in [0.717, 1.165) is 16.3 Å². The van der Waals surface area contributed by atoms with Crippen LogP contribution in [-0.4, -0.2) is 15.9 Å². The SMILES string of the molecule is Cc1ccc(OCc2nc(C(=O)NCc3ccncc3)cs2)cc1. The van der Waals surface area contributed by atoms with Crippen molar-refractivity contribution < 1.29 is 9.53 Å². The molecule has 0 unspecified atom stereocenters. The number of thiazole rings is 1. The predicted octanol–water partition coefficient (Wildman–Crippen LogP) is 3.36. The van der Waals surface area contributed by atoms with Crippen molar-refractivity contribution in [3.8, 4) is 5.75 Å². The Kier molecular flexibility index (Phi) is 5.18. The summed E-state index contributed by atoms with van der Waals surface area (Å²) >= 11 is 1.41. The number of nitrogens with zero attached hydrogens (tertiary/aromatic N) is 2. The summed E-state index contributed by atoms with van der Waals surface area (Å²) in [6, 6.07) is 11.6. The Hall–Kier alpha value is -2.73. The van der Waals surface area contributed by atoms with Crippen LogP contribution in [0.2, 0.25) is 0 Å². The van der Waals surface area contributed by atoms with Crippen LogP contribution in [0.1, 0.15) is 26.6 Å². The van der Waals surface area contributed by atoms with E-state index in [4.69, 9.17) is 4.74 Å². The van der Waals surface area contributed by atoms with Crippen LogP contribution in [0.3, 0.4) is 0 Å². The van der Waals surface area contributed by atoms with Gasteiger partial charge in [0.25, 0.3) is 5.91 Å². The minimum Gasteiger partial charge on any atom is -0.486 e. The highest BCUT2D eigenvalue weighted by Gasteiger charge is 2.11. The van der Waals surface area contributed by atoms with Gasteiger partial charge in [-0.1, -0.05) is 17.7 Å². The molecule has 2 aromatic heterocycles. The summed E-state index contributed by atoms with van der Waals surface area (Å²) in [5, 5.41) is 5.36. The first-order valence-electron chi connectivity index (χ1n) is 7.52. The molecule has 5 nitrogen and oxygen atoms in total. The first-order chi connectivity index (χ1) is 11.7. The van der Waals surface area contributed by atoms with Gasteiger partial charge in [-0.25, -0.2) is 4.98 Å². The lowest BCUT2D eigenvalue weighted by atomic mass is 10.2. The third-order valence-electron chi connectivity index (χ3n) is 3.37. The maximum Gasteiger partial charge on any atom is 0.271 e. The number of benzene rings is 1. The monoisotopic (exact) mass is 339 g/mol. The number of nitrogens with one attached hydrogen (secondary N) is 1. The highest BCUT2D eigenvalue weighted by molar-refractivity contribution is 7.09. The lowest BCUT2D eigenvalue weighted by Crippen LogP contribution is -2.23. The van der Waals surface area contributed by atoms with Gasteiger partial charge in [-0.15, -0.1) is 11.3 Å². The van der Waals surface area contributed by atoms with E-state index in [-0.39, 0.29) is 5.91 Å². The van der Waals surface area contributed by atoms with E-state index in [0.29, 0.717) is 18.8 Å². The number of pyridine rings is 1. The van der Waals surface area contributed by atoms with E-state index in [2.05, 4.69) is 15.3 Å². The highest BCUT2D eigenvalue weighted by Crippen LogP contribution is 2.16. The average molecular weight is 339 g/mol. The van der Waals surface area contributed by atoms with Gasteiger partial charge in [0.05, 0.1) is 0 Å². The summed E-state index contributed by atoms with van der Waals surface area (Å²) in [6.45, 7) is 2.83. The molecule has 1 amide bonds. The molecule has 0 aliphatic carbocycles. The summed E-state index contributed by atoms with van der Waals surface area (Å²) in [5.41, 5.74) is 2.60. The number of hydrogen-bond acceptors (Lipinski definition) is 5. The maximum atomic E-state index is 12.1. The second-order valence-corrected chi connectivity index (χ2v) is 6.21. The molecule has 0 aliphatic heterocycles. The lowest BCUT2D eigenvalue weighted by Gasteiger charge is -2.04. The van der Waals surface area contributed by atoms with Crippen LogP contribution in [0.5, 0.6) is 5.75 Å². The average Bonchev–Trinajstić information content (AvgIpc) is 3.09. The van der Waals surface area contributed by atoms with E-state index in [9.17, 15) is 4.79 Å². The fourth-order valence-electron chi connectivity index (χ4n) is 2.03. The second kappa shape index (κ2) is 7.70. The number of ether oxygens (including phenoxy) is 1. The Morgan fingerprint density at radius 1 is 1.17 bits per heavy atom. The minimum absolute atomic E-state index is 0.190. The molecular formula is C18H17N3O2S. The van der Waals surface area contributed by atoms with Crippen molar-refractivity contribution in [1.82, 2.24) is 15.3 Å². The second-order valence-electron chi connectivity index (χ2n) is 5.27. The van der Waals surface area contributed by atoms with Gasteiger partial charge in [0.15, 0.2) is 0 Å². The van der Waals surface area contributed by atoms with Gasteiger partial charge in [0.1, 0.15) is 23.1 Å². The molecule has 0 saturated heterocycles. The summed E-state index contributed by atoms with van der Waals surface area (Å²) in [4.78, 5) is 20.4. The Labute approximate surface area is 144 Å². The normalized spacial score (nSPS) is 10.4. The van der Waals surface area contributed by atoms with Crippen LogP contribution < -0.4 is 10.1 Å². The van der Waals surface area contributed by atoms with Crippen LogP contribution in [0.25, 0.3) is 0 Å².